The third-order valence-corrected chi connectivity index (χ3v) is 12.4. The molecule has 17 heteroatoms. The van der Waals surface area contributed by atoms with Crippen molar-refractivity contribution in [1.29, 1.82) is 0 Å². The Hall–Kier alpha value is -6.40. The Labute approximate surface area is 320 Å². The van der Waals surface area contributed by atoms with E-state index < -0.39 is 36.1 Å². The summed E-state index contributed by atoms with van der Waals surface area (Å²) in [5.41, 5.74) is 3.81. The number of fused-ring (bicyclic) bond motifs is 2. The molecule has 0 unspecified atom stereocenters. The largest absolute Gasteiger partial charge is 0.508 e. The maximum Gasteiger partial charge on any atom is 0.269 e. The number of para-hydroxylation sites is 2. The van der Waals surface area contributed by atoms with Crippen LogP contribution in [0.4, 0.5) is 11.4 Å². The maximum atomic E-state index is 13.1. The summed E-state index contributed by atoms with van der Waals surface area (Å²) in [6, 6.07) is 31.6. The Morgan fingerprint density at radius 2 is 0.964 bits per heavy atom. The molecule has 7 aromatic rings. The average molecular weight is 795 g/mol. The Kier molecular flexibility index (Phi) is 10.4. The number of phenols is 1. The molecule has 0 aliphatic rings. The van der Waals surface area contributed by atoms with Crippen LogP contribution in [0.2, 0.25) is 0 Å². The molecule has 3 N–H and O–H groups in total. The van der Waals surface area contributed by atoms with Crippen LogP contribution < -0.4 is 9.44 Å². The van der Waals surface area contributed by atoms with Crippen molar-refractivity contribution in [2.45, 2.75) is 28.8 Å². The van der Waals surface area contributed by atoms with E-state index in [1.165, 1.54) is 24.3 Å². The van der Waals surface area contributed by atoms with Crippen LogP contribution in [0.5, 0.6) is 5.75 Å². The van der Waals surface area contributed by atoms with Crippen molar-refractivity contribution in [3.63, 3.8) is 0 Å². The normalized spacial score (nSPS) is 12.1. The van der Waals surface area contributed by atoms with E-state index in [-0.39, 0.29) is 40.0 Å². The molecule has 0 atom stereocenters. The van der Waals surface area contributed by atoms with Crippen LogP contribution in [0.1, 0.15) is 22.9 Å². The molecule has 2 aromatic heterocycles. The number of nitro groups is 2. The van der Waals surface area contributed by atoms with Gasteiger partial charge in [0.25, 0.3) is 11.4 Å². The van der Waals surface area contributed by atoms with Gasteiger partial charge in [-0.2, -0.15) is 0 Å². The third-order valence-electron chi connectivity index (χ3n) is 9.45. The van der Waals surface area contributed by atoms with Gasteiger partial charge >= 0.3 is 0 Å². The molecule has 0 saturated heterocycles. The Balaban J connectivity index is 1.21. The number of phenolic OH excluding ortho intramolecular Hbond substituents is 1. The standard InChI is InChI=1S/C39H34N6O9S2/c46-32-15-9-27(10-16-32)39(42-25-28(35-5-1-3-7-37(35)42)21-23-40-55(51,52)33-17-11-30(12-18-33)44(47)48)43-26-29(36-6-2-4-8-38(36)43)22-24-41-56(53,54)34-19-13-31(14-20-34)45(49)50/h1-20,25-26,39-41,46H,21-24H2. The summed E-state index contributed by atoms with van der Waals surface area (Å²) < 4.78 is 61.7. The van der Waals surface area contributed by atoms with Gasteiger partial charge in [-0.25, -0.2) is 26.3 Å². The molecule has 5 aromatic carbocycles. The fourth-order valence-corrected chi connectivity index (χ4v) is 8.82. The highest BCUT2D eigenvalue weighted by atomic mass is 32.2. The molecular weight excluding hydrogens is 761 g/mol. The Morgan fingerprint density at radius 1 is 0.571 bits per heavy atom. The average Bonchev–Trinajstić information content (AvgIpc) is 3.74. The first-order valence-corrected chi connectivity index (χ1v) is 20.2. The van der Waals surface area contributed by atoms with Gasteiger partial charge in [-0.15, -0.1) is 0 Å². The van der Waals surface area contributed by atoms with Crippen molar-refractivity contribution in [2.75, 3.05) is 13.1 Å². The summed E-state index contributed by atoms with van der Waals surface area (Å²) in [6.07, 6.45) is 4.05. The molecule has 7 rings (SSSR count). The smallest absolute Gasteiger partial charge is 0.269 e. The predicted molar refractivity (Wildman–Crippen MR) is 209 cm³/mol. The van der Waals surface area contributed by atoms with Crippen LogP contribution in [0.15, 0.2) is 144 Å². The van der Waals surface area contributed by atoms with Gasteiger partial charge in [-0.3, -0.25) is 20.2 Å². The summed E-state index contributed by atoms with van der Waals surface area (Å²) in [4.78, 5) is 20.7. The fraction of sp³-hybridized carbons (Fsp3) is 0.128. The highest BCUT2D eigenvalue weighted by molar-refractivity contribution is 7.89. The second-order valence-corrected chi connectivity index (χ2v) is 16.5. The van der Waals surface area contributed by atoms with E-state index >= 15 is 0 Å². The zero-order chi connectivity index (χ0) is 39.6. The van der Waals surface area contributed by atoms with E-state index in [4.69, 9.17) is 0 Å². The molecule has 0 saturated carbocycles. The summed E-state index contributed by atoms with van der Waals surface area (Å²) in [6.45, 7) is 0.0904. The van der Waals surface area contributed by atoms with Crippen molar-refractivity contribution in [3.05, 3.63) is 171 Å². The molecule has 0 bridgehead atoms. The topological polar surface area (TPSA) is 209 Å². The lowest BCUT2D eigenvalue weighted by atomic mass is 10.1. The lowest BCUT2D eigenvalue weighted by Crippen LogP contribution is -2.26. The first-order chi connectivity index (χ1) is 26.8. The van der Waals surface area contributed by atoms with Gasteiger partial charge in [-0.05, 0) is 78.1 Å². The van der Waals surface area contributed by atoms with Crippen LogP contribution in [-0.2, 0) is 32.9 Å². The molecular formula is C39H34N6O9S2. The maximum absolute atomic E-state index is 13.1. The summed E-state index contributed by atoms with van der Waals surface area (Å²) >= 11 is 0. The van der Waals surface area contributed by atoms with Crippen molar-refractivity contribution in [2.24, 2.45) is 0 Å². The first kappa shape index (κ1) is 37.9. The number of hydrogen-bond donors (Lipinski definition) is 3. The van der Waals surface area contributed by atoms with E-state index in [9.17, 15) is 42.2 Å². The number of aromatic nitrogens is 2. The van der Waals surface area contributed by atoms with E-state index in [2.05, 4.69) is 18.6 Å². The minimum absolute atomic E-state index is 0.0452. The summed E-state index contributed by atoms with van der Waals surface area (Å²) in [7, 11) is -7.92. The SMILES string of the molecule is O=[N+]([O-])c1ccc(S(=O)(=O)NCCc2cn(C(c3ccc(O)cc3)n3cc(CCNS(=O)(=O)c4ccc([N+](=O)[O-])cc4)c4ccccc43)c3ccccc23)cc1. The zero-order valence-corrected chi connectivity index (χ0v) is 31.1. The highest BCUT2D eigenvalue weighted by Crippen LogP contribution is 2.35. The Morgan fingerprint density at radius 3 is 1.36 bits per heavy atom. The van der Waals surface area contributed by atoms with Gasteiger partial charge in [0, 0.05) is 60.5 Å². The van der Waals surface area contributed by atoms with Crippen molar-refractivity contribution < 1.29 is 31.8 Å². The molecule has 15 nitrogen and oxygen atoms in total. The van der Waals surface area contributed by atoms with Crippen LogP contribution in [0, 0.1) is 20.2 Å². The van der Waals surface area contributed by atoms with Crippen molar-refractivity contribution in [3.8, 4) is 5.75 Å². The van der Waals surface area contributed by atoms with Gasteiger partial charge in [0.05, 0.1) is 30.7 Å². The second-order valence-electron chi connectivity index (χ2n) is 12.9. The number of non-ortho nitro benzene ring substituents is 2. The summed E-state index contributed by atoms with van der Waals surface area (Å²) in [5.74, 6) is 0.0872. The molecule has 0 aliphatic heterocycles. The summed E-state index contributed by atoms with van der Waals surface area (Å²) in [5, 5.41) is 34.1. The van der Waals surface area contributed by atoms with E-state index in [1.54, 1.807) is 12.1 Å². The first-order valence-electron chi connectivity index (χ1n) is 17.3. The molecule has 0 amide bonds. The number of rotatable bonds is 15. The number of sulfonamides is 2. The van der Waals surface area contributed by atoms with Gasteiger partial charge < -0.3 is 14.2 Å². The zero-order valence-electron chi connectivity index (χ0n) is 29.4. The predicted octanol–water partition coefficient (Wildman–Crippen LogP) is 6.26. The van der Waals surface area contributed by atoms with Crippen LogP contribution in [0.3, 0.4) is 0 Å². The fourth-order valence-electron chi connectivity index (χ4n) is 6.76. The van der Waals surface area contributed by atoms with E-state index in [0.717, 1.165) is 62.8 Å². The highest BCUT2D eigenvalue weighted by Gasteiger charge is 2.24. The number of nitro benzene ring substituents is 2. The molecule has 0 fully saturated rings. The molecule has 286 valence electrons. The van der Waals surface area contributed by atoms with Gasteiger partial charge in [0.1, 0.15) is 11.9 Å². The van der Waals surface area contributed by atoms with E-state index in [0.29, 0.717) is 12.8 Å². The van der Waals surface area contributed by atoms with Gasteiger partial charge in [0.2, 0.25) is 20.0 Å². The third kappa shape index (κ3) is 7.74. The van der Waals surface area contributed by atoms with Gasteiger partial charge in [-0.1, -0.05) is 48.5 Å². The number of nitrogens with one attached hydrogen (secondary N) is 2. The molecule has 2 heterocycles. The van der Waals surface area contributed by atoms with Crippen molar-refractivity contribution >= 4 is 53.2 Å². The van der Waals surface area contributed by atoms with E-state index in [1.807, 2.05) is 73.1 Å². The molecule has 0 radical (unpaired) electrons. The van der Waals surface area contributed by atoms with Gasteiger partial charge in [0.15, 0.2) is 0 Å². The monoisotopic (exact) mass is 794 g/mol. The lowest BCUT2D eigenvalue weighted by molar-refractivity contribution is -0.385. The number of aromatic hydroxyl groups is 1. The minimum Gasteiger partial charge on any atom is -0.508 e. The number of nitrogens with zero attached hydrogens (tertiary/aromatic N) is 4. The Bertz CT molecular complexity index is 2630. The molecule has 0 spiro atoms. The molecule has 56 heavy (non-hydrogen) atoms. The molecule has 0 aliphatic carbocycles. The number of hydrogen-bond acceptors (Lipinski definition) is 9. The number of benzene rings is 5. The van der Waals surface area contributed by atoms with Crippen molar-refractivity contribution in [1.82, 2.24) is 18.6 Å². The van der Waals surface area contributed by atoms with Crippen LogP contribution in [-0.4, -0.2) is 54.0 Å². The van der Waals surface area contributed by atoms with Crippen LogP contribution in [0.25, 0.3) is 21.8 Å². The lowest BCUT2D eigenvalue weighted by Gasteiger charge is -2.24. The van der Waals surface area contributed by atoms with Crippen LogP contribution >= 0.6 is 0 Å². The minimum atomic E-state index is -3.96. The second kappa shape index (κ2) is 15.4. The quantitative estimate of drug-likeness (QED) is 0.0790.